The fraction of sp³-hybridized carbons (Fsp3) is 0.200. The SMILES string of the molecule is COc1cc(C(=O)NC(=Cc2cn(S(=O)(=O)N(C)C)c3ccccc23)C(=O)NCc2ccccc2)cc(OC)c1OC. The van der Waals surface area contributed by atoms with Gasteiger partial charge in [0.05, 0.1) is 26.8 Å². The Labute approximate surface area is 244 Å². The fourth-order valence-corrected chi connectivity index (χ4v) is 5.26. The quantitative estimate of drug-likeness (QED) is 0.256. The van der Waals surface area contributed by atoms with Crippen molar-refractivity contribution in [3.63, 3.8) is 0 Å². The Morgan fingerprint density at radius 3 is 2.12 bits per heavy atom. The lowest BCUT2D eigenvalue weighted by atomic mass is 10.1. The van der Waals surface area contributed by atoms with Gasteiger partial charge in [0.1, 0.15) is 5.70 Å². The molecule has 0 aliphatic rings. The monoisotopic (exact) mass is 592 g/mol. The Balaban J connectivity index is 1.79. The van der Waals surface area contributed by atoms with Gasteiger partial charge in [-0.1, -0.05) is 48.5 Å². The van der Waals surface area contributed by atoms with Crippen LogP contribution in [0.2, 0.25) is 0 Å². The van der Waals surface area contributed by atoms with Crippen LogP contribution in [0.1, 0.15) is 21.5 Å². The van der Waals surface area contributed by atoms with Crippen molar-refractivity contribution in [3.05, 3.63) is 95.3 Å². The van der Waals surface area contributed by atoms with E-state index in [1.54, 1.807) is 24.3 Å². The number of nitrogens with zero attached hydrogens (tertiary/aromatic N) is 2. The smallest absolute Gasteiger partial charge is 0.307 e. The van der Waals surface area contributed by atoms with Crippen LogP contribution in [0.5, 0.6) is 17.2 Å². The van der Waals surface area contributed by atoms with Crippen molar-refractivity contribution in [3.8, 4) is 17.2 Å². The minimum Gasteiger partial charge on any atom is -0.493 e. The summed E-state index contributed by atoms with van der Waals surface area (Å²) in [5.41, 5.74) is 1.72. The largest absolute Gasteiger partial charge is 0.493 e. The van der Waals surface area contributed by atoms with Gasteiger partial charge in [-0.05, 0) is 29.8 Å². The number of nitrogens with one attached hydrogen (secondary N) is 2. The maximum atomic E-state index is 13.5. The lowest BCUT2D eigenvalue weighted by Crippen LogP contribution is -2.34. The molecule has 0 atom stereocenters. The topological polar surface area (TPSA) is 128 Å². The molecule has 4 rings (SSSR count). The third kappa shape index (κ3) is 6.24. The van der Waals surface area contributed by atoms with E-state index >= 15 is 0 Å². The van der Waals surface area contributed by atoms with Crippen molar-refractivity contribution in [2.75, 3.05) is 35.4 Å². The van der Waals surface area contributed by atoms with E-state index in [1.807, 2.05) is 30.3 Å². The number of para-hydroxylation sites is 1. The molecule has 2 N–H and O–H groups in total. The van der Waals surface area contributed by atoms with Crippen LogP contribution in [-0.4, -0.2) is 63.9 Å². The predicted molar refractivity (Wildman–Crippen MR) is 160 cm³/mol. The van der Waals surface area contributed by atoms with Crippen LogP contribution in [0.3, 0.4) is 0 Å². The minimum atomic E-state index is -3.88. The Morgan fingerprint density at radius 1 is 0.905 bits per heavy atom. The number of hydrogen-bond acceptors (Lipinski definition) is 7. The van der Waals surface area contributed by atoms with Gasteiger partial charge in [0.25, 0.3) is 11.8 Å². The van der Waals surface area contributed by atoms with Crippen molar-refractivity contribution in [2.45, 2.75) is 6.54 Å². The van der Waals surface area contributed by atoms with Crippen molar-refractivity contribution in [1.29, 1.82) is 0 Å². The molecule has 0 bridgehead atoms. The minimum absolute atomic E-state index is 0.102. The molecule has 11 nitrogen and oxygen atoms in total. The van der Waals surface area contributed by atoms with E-state index < -0.39 is 22.0 Å². The molecule has 3 aromatic carbocycles. The lowest BCUT2D eigenvalue weighted by Gasteiger charge is -2.15. The number of aromatic nitrogens is 1. The van der Waals surface area contributed by atoms with E-state index in [-0.39, 0.29) is 29.3 Å². The van der Waals surface area contributed by atoms with Crippen LogP contribution >= 0.6 is 0 Å². The summed E-state index contributed by atoms with van der Waals surface area (Å²) in [4.78, 5) is 27.0. The molecule has 42 heavy (non-hydrogen) atoms. The number of fused-ring (bicyclic) bond motifs is 1. The Bertz CT molecular complexity index is 1720. The number of hydrogen-bond donors (Lipinski definition) is 2. The summed E-state index contributed by atoms with van der Waals surface area (Å²) >= 11 is 0. The van der Waals surface area contributed by atoms with E-state index in [9.17, 15) is 18.0 Å². The molecule has 0 saturated heterocycles. The zero-order valence-electron chi connectivity index (χ0n) is 23.9. The molecular weight excluding hydrogens is 560 g/mol. The van der Waals surface area contributed by atoms with Crippen LogP contribution in [0, 0.1) is 0 Å². The summed E-state index contributed by atoms with van der Waals surface area (Å²) in [5.74, 6) is -0.370. The molecule has 0 saturated carbocycles. The van der Waals surface area contributed by atoms with Crippen molar-refractivity contribution < 1.29 is 32.2 Å². The molecular formula is C30H32N4O7S. The van der Waals surface area contributed by atoms with E-state index in [0.717, 1.165) is 13.8 Å². The normalized spacial score (nSPS) is 11.8. The Hall–Kier alpha value is -4.81. The average Bonchev–Trinajstić information content (AvgIpc) is 3.38. The standard InChI is InChI=1S/C30H32N4O7S/c1-33(2)42(37,38)34-19-22(23-13-9-10-14-25(23)34)15-24(30(36)31-18-20-11-7-6-8-12-20)32-29(35)21-16-26(39-3)28(41-5)27(17-21)40-4/h6-17,19H,18H2,1-5H3,(H,31,36)(H,32,35). The molecule has 2 amide bonds. The van der Waals surface area contributed by atoms with E-state index in [2.05, 4.69) is 10.6 Å². The molecule has 220 valence electrons. The van der Waals surface area contributed by atoms with Crippen LogP contribution in [-0.2, 0) is 21.5 Å². The molecule has 1 heterocycles. The van der Waals surface area contributed by atoms with Gasteiger partial charge in [-0.2, -0.15) is 12.7 Å². The Kier molecular flexibility index (Phi) is 9.18. The molecule has 0 aliphatic heterocycles. The van der Waals surface area contributed by atoms with Crippen molar-refractivity contribution in [1.82, 2.24) is 18.9 Å². The highest BCUT2D eigenvalue weighted by atomic mass is 32.2. The van der Waals surface area contributed by atoms with Gasteiger partial charge >= 0.3 is 10.2 Å². The summed E-state index contributed by atoms with van der Waals surface area (Å²) in [6, 6.07) is 19.1. The second kappa shape index (κ2) is 12.8. The highest BCUT2D eigenvalue weighted by Crippen LogP contribution is 2.38. The maximum Gasteiger partial charge on any atom is 0.307 e. The second-order valence-corrected chi connectivity index (χ2v) is 11.3. The van der Waals surface area contributed by atoms with E-state index in [0.29, 0.717) is 22.2 Å². The molecule has 1 aromatic heterocycles. The highest BCUT2D eigenvalue weighted by molar-refractivity contribution is 7.87. The second-order valence-electron chi connectivity index (χ2n) is 9.28. The number of methoxy groups -OCH3 is 3. The number of benzene rings is 3. The molecule has 0 fully saturated rings. The predicted octanol–water partition coefficient (Wildman–Crippen LogP) is 3.41. The first-order valence-corrected chi connectivity index (χ1v) is 14.2. The Morgan fingerprint density at radius 2 is 1.52 bits per heavy atom. The van der Waals surface area contributed by atoms with E-state index in [1.165, 1.54) is 59.8 Å². The number of carbonyl (C=O) groups is 2. The summed E-state index contributed by atoms with van der Waals surface area (Å²) in [6.07, 6.45) is 2.86. The summed E-state index contributed by atoms with van der Waals surface area (Å²) in [6.45, 7) is 0.202. The fourth-order valence-electron chi connectivity index (χ4n) is 4.25. The zero-order chi connectivity index (χ0) is 30.4. The molecule has 0 radical (unpaired) electrons. The molecule has 12 heteroatoms. The first kappa shape index (κ1) is 30.2. The summed E-state index contributed by atoms with van der Waals surface area (Å²) in [7, 11) is 3.29. The summed E-state index contributed by atoms with van der Waals surface area (Å²) < 4.78 is 44.4. The number of amides is 2. The van der Waals surface area contributed by atoms with Crippen LogP contribution in [0.4, 0.5) is 0 Å². The van der Waals surface area contributed by atoms with Gasteiger partial charge in [0.2, 0.25) is 5.75 Å². The first-order chi connectivity index (χ1) is 20.1. The summed E-state index contributed by atoms with van der Waals surface area (Å²) in [5, 5.41) is 6.07. The van der Waals surface area contributed by atoms with Crippen molar-refractivity contribution >= 4 is 39.0 Å². The lowest BCUT2D eigenvalue weighted by molar-refractivity contribution is -0.117. The average molecular weight is 593 g/mol. The number of ether oxygens (including phenoxy) is 3. The molecule has 0 aliphatic carbocycles. The van der Waals surface area contributed by atoms with Gasteiger partial charge in [0.15, 0.2) is 11.5 Å². The van der Waals surface area contributed by atoms with Gasteiger partial charge in [-0.25, -0.2) is 3.97 Å². The number of carbonyl (C=O) groups excluding carboxylic acids is 2. The van der Waals surface area contributed by atoms with Gasteiger partial charge in [-0.3, -0.25) is 9.59 Å². The maximum absolute atomic E-state index is 13.5. The third-order valence-electron chi connectivity index (χ3n) is 6.43. The van der Waals surface area contributed by atoms with Crippen LogP contribution in [0.15, 0.2) is 78.6 Å². The third-order valence-corrected chi connectivity index (χ3v) is 8.16. The molecule has 4 aromatic rings. The molecule has 0 spiro atoms. The first-order valence-electron chi connectivity index (χ1n) is 12.8. The van der Waals surface area contributed by atoms with Crippen LogP contribution < -0.4 is 24.8 Å². The number of rotatable bonds is 11. The zero-order valence-corrected chi connectivity index (χ0v) is 24.7. The highest BCUT2D eigenvalue weighted by Gasteiger charge is 2.23. The van der Waals surface area contributed by atoms with Gasteiger partial charge in [-0.15, -0.1) is 0 Å². The van der Waals surface area contributed by atoms with Gasteiger partial charge < -0.3 is 24.8 Å². The van der Waals surface area contributed by atoms with Gasteiger partial charge in [0, 0.05) is 43.4 Å². The molecule has 0 unspecified atom stereocenters. The van der Waals surface area contributed by atoms with E-state index in [4.69, 9.17) is 14.2 Å². The van der Waals surface area contributed by atoms with Crippen molar-refractivity contribution in [2.24, 2.45) is 0 Å². The van der Waals surface area contributed by atoms with Crippen LogP contribution in [0.25, 0.3) is 17.0 Å².